The van der Waals surface area contributed by atoms with E-state index in [1.54, 1.807) is 11.9 Å². The minimum atomic E-state index is -1.21. The Labute approximate surface area is 190 Å². The summed E-state index contributed by atoms with van der Waals surface area (Å²) in [6.45, 7) is 3.89. The fourth-order valence-electron chi connectivity index (χ4n) is 5.46. The van der Waals surface area contributed by atoms with Crippen molar-refractivity contribution in [1.82, 2.24) is 35.1 Å². The van der Waals surface area contributed by atoms with Crippen LogP contribution >= 0.6 is 0 Å². The number of piperidine rings is 1. The van der Waals surface area contributed by atoms with Gasteiger partial charge in [-0.15, -0.1) is 0 Å². The Morgan fingerprint density at radius 1 is 1.12 bits per heavy atom. The minimum Gasteiger partial charge on any atom is -0.381 e. The number of halogens is 2. The molecule has 4 aliphatic rings. The standard InChI is InChI=1S/C20H31F2N9O2/c1-28-2-3-29-4-5-30(10-14(29)20(28)33)16-12(22)7-24-8-13(16)26-19(32)15-17(23)27-31-9-11(21)6-25-18(15)31/h11-14,16,24-25H,2-10H2,1H3,(H2,23,27)(H,26,32). The molecule has 5 unspecified atom stereocenters. The molecular weight excluding hydrogens is 436 g/mol. The van der Waals surface area contributed by atoms with Gasteiger partial charge in [-0.3, -0.25) is 19.4 Å². The number of aromatic nitrogens is 2. The van der Waals surface area contributed by atoms with E-state index < -0.39 is 30.3 Å². The molecule has 0 spiro atoms. The molecular formula is C20H31F2N9O2. The molecule has 5 rings (SSSR count). The largest absolute Gasteiger partial charge is 0.381 e. The maximum Gasteiger partial charge on any atom is 0.259 e. The van der Waals surface area contributed by atoms with Crippen molar-refractivity contribution < 1.29 is 18.4 Å². The van der Waals surface area contributed by atoms with Crippen molar-refractivity contribution in [3.8, 4) is 0 Å². The van der Waals surface area contributed by atoms with Crippen molar-refractivity contribution in [3.05, 3.63) is 5.56 Å². The van der Waals surface area contributed by atoms with Crippen molar-refractivity contribution in [2.75, 3.05) is 70.5 Å². The van der Waals surface area contributed by atoms with Gasteiger partial charge in [0, 0.05) is 59.4 Å². The molecule has 13 heteroatoms. The molecule has 3 saturated heterocycles. The number of nitrogens with two attached hydrogens (primary N) is 1. The first-order valence-corrected chi connectivity index (χ1v) is 11.5. The third-order valence-corrected chi connectivity index (χ3v) is 7.20. The highest BCUT2D eigenvalue weighted by molar-refractivity contribution is 6.03. The third-order valence-electron chi connectivity index (χ3n) is 7.20. The summed E-state index contributed by atoms with van der Waals surface area (Å²) >= 11 is 0. The number of carbonyl (C=O) groups excluding carboxylic acids is 2. The summed E-state index contributed by atoms with van der Waals surface area (Å²) in [6.07, 6.45) is -2.33. The lowest BCUT2D eigenvalue weighted by atomic mass is 9.94. The predicted octanol–water partition coefficient (Wildman–Crippen LogP) is -1.90. The Bertz CT molecular complexity index is 928. The average Bonchev–Trinajstić information content (AvgIpc) is 3.11. The fourth-order valence-corrected chi connectivity index (χ4v) is 5.46. The van der Waals surface area contributed by atoms with E-state index in [2.05, 4.69) is 25.9 Å². The quantitative estimate of drug-likeness (QED) is 0.406. The van der Waals surface area contributed by atoms with E-state index in [1.165, 1.54) is 4.68 Å². The van der Waals surface area contributed by atoms with Gasteiger partial charge in [-0.1, -0.05) is 0 Å². The molecule has 0 saturated carbocycles. The summed E-state index contributed by atoms with van der Waals surface area (Å²) in [6, 6.07) is -1.41. The first-order valence-electron chi connectivity index (χ1n) is 11.5. The number of hydrogen-bond acceptors (Lipinski definition) is 8. The lowest BCUT2D eigenvalue weighted by Gasteiger charge is -2.50. The number of nitrogens with zero attached hydrogens (tertiary/aromatic N) is 5. The second kappa shape index (κ2) is 8.69. The minimum absolute atomic E-state index is 0.00525. The third kappa shape index (κ3) is 4.02. The molecule has 5 heterocycles. The van der Waals surface area contributed by atoms with Crippen LogP contribution in [0.5, 0.6) is 0 Å². The topological polar surface area (TPSA) is 124 Å². The van der Waals surface area contributed by atoms with E-state index in [-0.39, 0.29) is 43.0 Å². The first kappa shape index (κ1) is 22.3. The van der Waals surface area contributed by atoms with Crippen LogP contribution in [0.2, 0.25) is 0 Å². The van der Waals surface area contributed by atoms with E-state index in [1.807, 2.05) is 4.90 Å². The van der Waals surface area contributed by atoms with Gasteiger partial charge in [0.15, 0.2) is 5.82 Å². The van der Waals surface area contributed by atoms with Crippen molar-refractivity contribution in [2.45, 2.75) is 37.0 Å². The van der Waals surface area contributed by atoms with Gasteiger partial charge >= 0.3 is 0 Å². The number of amides is 2. The molecule has 5 N–H and O–H groups in total. The first-order chi connectivity index (χ1) is 15.8. The maximum absolute atomic E-state index is 15.2. The van der Waals surface area contributed by atoms with Gasteiger partial charge < -0.3 is 26.6 Å². The lowest BCUT2D eigenvalue weighted by molar-refractivity contribution is -0.145. The van der Waals surface area contributed by atoms with Crippen LogP contribution in [-0.2, 0) is 11.3 Å². The van der Waals surface area contributed by atoms with Gasteiger partial charge in [-0.2, -0.15) is 5.10 Å². The van der Waals surface area contributed by atoms with Crippen LogP contribution in [0.1, 0.15) is 10.4 Å². The number of fused-ring (bicyclic) bond motifs is 2. The average molecular weight is 468 g/mol. The lowest BCUT2D eigenvalue weighted by Crippen LogP contribution is -2.71. The van der Waals surface area contributed by atoms with Crippen LogP contribution in [0.15, 0.2) is 0 Å². The number of hydrogen-bond donors (Lipinski definition) is 4. The molecule has 2 amide bonds. The van der Waals surface area contributed by atoms with Gasteiger partial charge in [-0.05, 0) is 0 Å². The summed E-state index contributed by atoms with van der Waals surface area (Å²) in [5.74, 6) is -0.0462. The van der Waals surface area contributed by atoms with E-state index in [4.69, 9.17) is 5.73 Å². The zero-order chi connectivity index (χ0) is 23.3. The number of rotatable bonds is 3. The molecule has 33 heavy (non-hydrogen) atoms. The van der Waals surface area contributed by atoms with Gasteiger partial charge in [0.05, 0.1) is 18.6 Å². The molecule has 0 aliphatic carbocycles. The van der Waals surface area contributed by atoms with Crippen LogP contribution in [0, 0.1) is 0 Å². The highest BCUT2D eigenvalue weighted by Crippen LogP contribution is 2.27. The number of carbonyl (C=O) groups is 2. The molecule has 3 fully saturated rings. The Balaban J connectivity index is 1.34. The Morgan fingerprint density at radius 2 is 1.88 bits per heavy atom. The maximum atomic E-state index is 15.2. The van der Waals surface area contributed by atoms with Gasteiger partial charge in [0.25, 0.3) is 5.91 Å². The molecule has 0 radical (unpaired) electrons. The van der Waals surface area contributed by atoms with E-state index >= 15 is 4.39 Å². The molecule has 0 aromatic carbocycles. The Kier molecular flexibility index (Phi) is 5.87. The van der Waals surface area contributed by atoms with Crippen molar-refractivity contribution in [1.29, 1.82) is 0 Å². The van der Waals surface area contributed by atoms with Crippen LogP contribution in [-0.4, -0.2) is 126 Å². The molecule has 4 aliphatic heterocycles. The number of nitrogen functional groups attached to an aromatic ring is 1. The SMILES string of the molecule is CN1CCN2CCN(C3C(F)CNCC3NC(=O)c3c(N)nn4c3NCC(F)C4)CC2C1=O. The summed E-state index contributed by atoms with van der Waals surface area (Å²) < 4.78 is 30.3. The highest BCUT2D eigenvalue weighted by Gasteiger charge is 2.45. The monoisotopic (exact) mass is 467 g/mol. The summed E-state index contributed by atoms with van der Waals surface area (Å²) in [7, 11) is 1.79. The number of likely N-dealkylation sites (N-methyl/N-ethyl adjacent to an activating group) is 1. The summed E-state index contributed by atoms with van der Waals surface area (Å²) in [5.41, 5.74) is 6.12. The highest BCUT2D eigenvalue weighted by atomic mass is 19.1. The van der Waals surface area contributed by atoms with Gasteiger partial charge in [0.2, 0.25) is 5.91 Å². The van der Waals surface area contributed by atoms with Crippen LogP contribution < -0.4 is 21.7 Å². The van der Waals surface area contributed by atoms with E-state index in [0.717, 1.165) is 6.54 Å². The van der Waals surface area contributed by atoms with Crippen molar-refractivity contribution in [3.63, 3.8) is 0 Å². The molecule has 182 valence electrons. The number of piperazine rings is 2. The number of anilines is 2. The molecule has 1 aromatic heterocycles. The van der Waals surface area contributed by atoms with E-state index in [0.29, 0.717) is 38.5 Å². The van der Waals surface area contributed by atoms with E-state index in [9.17, 15) is 14.0 Å². The van der Waals surface area contributed by atoms with Gasteiger partial charge in [-0.25, -0.2) is 13.5 Å². The molecule has 5 atom stereocenters. The number of alkyl halides is 2. The Morgan fingerprint density at radius 3 is 2.70 bits per heavy atom. The smallest absolute Gasteiger partial charge is 0.259 e. The zero-order valence-electron chi connectivity index (χ0n) is 18.6. The molecule has 0 bridgehead atoms. The van der Waals surface area contributed by atoms with Crippen LogP contribution in [0.4, 0.5) is 20.4 Å². The predicted molar refractivity (Wildman–Crippen MR) is 117 cm³/mol. The van der Waals surface area contributed by atoms with Crippen LogP contribution in [0.3, 0.4) is 0 Å². The zero-order valence-corrected chi connectivity index (χ0v) is 18.6. The fraction of sp³-hybridized carbons (Fsp3) is 0.750. The number of nitrogens with one attached hydrogen (secondary N) is 3. The van der Waals surface area contributed by atoms with Crippen LogP contribution in [0.25, 0.3) is 0 Å². The Hall–Kier alpha value is -2.51. The van der Waals surface area contributed by atoms with Gasteiger partial charge in [0.1, 0.15) is 29.8 Å². The molecule has 11 nitrogen and oxygen atoms in total. The normalized spacial score (nSPS) is 33.2. The second-order valence-electron chi connectivity index (χ2n) is 9.32. The molecule has 1 aromatic rings. The van der Waals surface area contributed by atoms with Crippen molar-refractivity contribution in [2.24, 2.45) is 0 Å². The van der Waals surface area contributed by atoms with Crippen molar-refractivity contribution >= 4 is 23.5 Å². The summed E-state index contributed by atoms with van der Waals surface area (Å²) in [4.78, 5) is 31.8. The summed E-state index contributed by atoms with van der Waals surface area (Å²) in [5, 5.41) is 12.9. The second-order valence-corrected chi connectivity index (χ2v) is 9.32.